The molecule has 0 bridgehead atoms. The van der Waals surface area contributed by atoms with Crippen LogP contribution in [0, 0.1) is 6.92 Å². The third-order valence-electron chi connectivity index (χ3n) is 5.78. The maximum atomic E-state index is 5.62. The van der Waals surface area contributed by atoms with Crippen molar-refractivity contribution in [3.63, 3.8) is 0 Å². The average Bonchev–Trinajstić information content (AvgIpc) is 3.43. The number of hydrogen-bond acceptors (Lipinski definition) is 4. The molecular weight excluding hydrogens is 466 g/mol. The van der Waals surface area contributed by atoms with E-state index in [1.54, 1.807) is 13.4 Å². The summed E-state index contributed by atoms with van der Waals surface area (Å²) in [7, 11) is 1.68. The Morgan fingerprint density at radius 1 is 1.12 bits per heavy atom. The summed E-state index contributed by atoms with van der Waals surface area (Å²) in [5, 5.41) is 4.74. The molecule has 5 rings (SSSR count). The standard InChI is InChI=1S/C25H24BrN5O/c1-17-15-30(16-27-17)22-11-5-18(14-23(22)32-2)6-12-24-28-25-21(4-3-13-31(25)29-24)19-7-9-20(26)10-8-19/h5-12,14-16,21H,3-4,13H2,1-2H3/t21-/m0/s1. The fourth-order valence-electron chi connectivity index (χ4n) is 4.19. The molecule has 0 unspecified atom stereocenters. The second-order valence-electron chi connectivity index (χ2n) is 7.98. The minimum atomic E-state index is 0.282. The number of benzene rings is 2. The molecule has 7 heteroatoms. The summed E-state index contributed by atoms with van der Waals surface area (Å²) in [6.07, 6.45) is 9.97. The Hall–Kier alpha value is -3.19. The zero-order chi connectivity index (χ0) is 22.1. The van der Waals surface area contributed by atoms with Gasteiger partial charge in [-0.3, -0.25) is 0 Å². The number of aromatic nitrogens is 5. The van der Waals surface area contributed by atoms with Crippen molar-refractivity contribution in [1.29, 1.82) is 0 Å². The molecule has 2 aromatic heterocycles. The van der Waals surface area contributed by atoms with Crippen molar-refractivity contribution < 1.29 is 4.74 Å². The lowest BCUT2D eigenvalue weighted by molar-refractivity contribution is 0.413. The van der Waals surface area contributed by atoms with Gasteiger partial charge in [-0.2, -0.15) is 5.10 Å². The largest absolute Gasteiger partial charge is 0.495 e. The van der Waals surface area contributed by atoms with Crippen LogP contribution in [0.5, 0.6) is 5.75 Å². The minimum absolute atomic E-state index is 0.282. The second kappa shape index (κ2) is 8.74. The van der Waals surface area contributed by atoms with Crippen LogP contribution in [-0.4, -0.2) is 31.4 Å². The van der Waals surface area contributed by atoms with Crippen molar-refractivity contribution in [2.75, 3.05) is 7.11 Å². The van der Waals surface area contributed by atoms with Gasteiger partial charge in [-0.05, 0) is 61.2 Å². The van der Waals surface area contributed by atoms with E-state index in [0.717, 1.165) is 58.2 Å². The first-order valence-corrected chi connectivity index (χ1v) is 11.5. The second-order valence-corrected chi connectivity index (χ2v) is 8.90. The van der Waals surface area contributed by atoms with E-state index in [2.05, 4.69) is 55.9 Å². The number of rotatable bonds is 5. The third kappa shape index (κ3) is 4.12. The third-order valence-corrected chi connectivity index (χ3v) is 6.31. The van der Waals surface area contributed by atoms with E-state index < -0.39 is 0 Å². The fourth-order valence-corrected chi connectivity index (χ4v) is 4.45. The van der Waals surface area contributed by atoms with Crippen LogP contribution in [0.3, 0.4) is 0 Å². The summed E-state index contributed by atoms with van der Waals surface area (Å²) in [5.74, 6) is 2.85. The first-order chi connectivity index (χ1) is 15.6. The van der Waals surface area contributed by atoms with E-state index in [1.807, 2.05) is 42.0 Å². The Kier molecular flexibility index (Phi) is 5.66. The molecule has 2 aromatic carbocycles. The van der Waals surface area contributed by atoms with E-state index in [9.17, 15) is 0 Å². The van der Waals surface area contributed by atoms with Crippen LogP contribution >= 0.6 is 15.9 Å². The maximum absolute atomic E-state index is 5.62. The molecule has 0 spiro atoms. The van der Waals surface area contributed by atoms with E-state index in [0.29, 0.717) is 0 Å². The highest BCUT2D eigenvalue weighted by Gasteiger charge is 2.25. The summed E-state index contributed by atoms with van der Waals surface area (Å²) in [5.41, 5.74) is 4.23. The highest BCUT2D eigenvalue weighted by molar-refractivity contribution is 9.10. The van der Waals surface area contributed by atoms with Crippen molar-refractivity contribution in [1.82, 2.24) is 24.3 Å². The Morgan fingerprint density at radius 3 is 2.72 bits per heavy atom. The Balaban J connectivity index is 1.40. The summed E-state index contributed by atoms with van der Waals surface area (Å²) in [6, 6.07) is 14.6. The van der Waals surface area contributed by atoms with Crippen molar-refractivity contribution >= 4 is 28.1 Å². The van der Waals surface area contributed by atoms with Crippen LogP contribution in [0.4, 0.5) is 0 Å². The van der Waals surface area contributed by atoms with Gasteiger partial charge in [-0.15, -0.1) is 0 Å². The SMILES string of the molecule is COc1cc(C=Cc2nc3n(n2)CCC[C@H]3c2ccc(Br)cc2)ccc1-n1cnc(C)c1. The van der Waals surface area contributed by atoms with Gasteiger partial charge in [0.2, 0.25) is 0 Å². The first-order valence-electron chi connectivity index (χ1n) is 10.7. The fraction of sp³-hybridized carbons (Fsp3) is 0.240. The highest BCUT2D eigenvalue weighted by Crippen LogP contribution is 2.33. The van der Waals surface area contributed by atoms with Crippen LogP contribution in [0.15, 0.2) is 59.5 Å². The van der Waals surface area contributed by atoms with E-state index in [-0.39, 0.29) is 5.92 Å². The Morgan fingerprint density at radius 2 is 1.97 bits per heavy atom. The quantitative estimate of drug-likeness (QED) is 0.364. The molecule has 3 heterocycles. The minimum Gasteiger partial charge on any atom is -0.495 e. The van der Waals surface area contributed by atoms with Gasteiger partial charge in [-0.1, -0.05) is 40.2 Å². The number of ether oxygens (including phenoxy) is 1. The summed E-state index contributed by atoms with van der Waals surface area (Å²) >= 11 is 3.52. The summed E-state index contributed by atoms with van der Waals surface area (Å²) in [6.45, 7) is 2.88. The van der Waals surface area contributed by atoms with Crippen molar-refractivity contribution in [3.8, 4) is 11.4 Å². The molecule has 0 fully saturated rings. The van der Waals surface area contributed by atoms with Crippen LogP contribution in [0.2, 0.25) is 0 Å². The number of methoxy groups -OCH3 is 1. The molecule has 0 aliphatic carbocycles. The molecule has 0 saturated carbocycles. The predicted octanol–water partition coefficient (Wildman–Crippen LogP) is 5.64. The van der Waals surface area contributed by atoms with Gasteiger partial charge in [-0.25, -0.2) is 14.6 Å². The molecule has 0 N–H and O–H groups in total. The van der Waals surface area contributed by atoms with Gasteiger partial charge < -0.3 is 9.30 Å². The van der Waals surface area contributed by atoms with Crippen LogP contribution in [0.25, 0.3) is 17.8 Å². The Bertz CT molecular complexity index is 1270. The van der Waals surface area contributed by atoms with Gasteiger partial charge in [0, 0.05) is 23.1 Å². The van der Waals surface area contributed by atoms with Gasteiger partial charge in [0.05, 0.1) is 24.8 Å². The number of nitrogens with zero attached hydrogens (tertiary/aromatic N) is 5. The average molecular weight is 490 g/mol. The first kappa shape index (κ1) is 20.7. The van der Waals surface area contributed by atoms with Gasteiger partial charge in [0.1, 0.15) is 11.6 Å². The molecule has 4 aromatic rings. The lowest BCUT2D eigenvalue weighted by atomic mass is 9.91. The monoisotopic (exact) mass is 489 g/mol. The molecule has 0 saturated heterocycles. The Labute approximate surface area is 195 Å². The van der Waals surface area contributed by atoms with E-state index in [1.165, 1.54) is 5.56 Å². The smallest absolute Gasteiger partial charge is 0.174 e. The van der Waals surface area contributed by atoms with E-state index in [4.69, 9.17) is 14.8 Å². The summed E-state index contributed by atoms with van der Waals surface area (Å²) < 4.78 is 10.7. The van der Waals surface area contributed by atoms with Crippen LogP contribution in [0.1, 0.15) is 47.2 Å². The molecule has 1 atom stereocenters. The molecule has 0 radical (unpaired) electrons. The molecule has 32 heavy (non-hydrogen) atoms. The molecular formula is C25H24BrN5O. The van der Waals surface area contributed by atoms with Gasteiger partial charge in [0.25, 0.3) is 0 Å². The predicted molar refractivity (Wildman–Crippen MR) is 129 cm³/mol. The summed E-state index contributed by atoms with van der Waals surface area (Å²) in [4.78, 5) is 9.17. The molecule has 1 aliphatic heterocycles. The van der Waals surface area contributed by atoms with Crippen LogP contribution < -0.4 is 4.74 Å². The topological polar surface area (TPSA) is 57.8 Å². The number of aryl methyl sites for hydroxylation is 2. The van der Waals surface area contributed by atoms with Gasteiger partial charge in [0.15, 0.2) is 5.82 Å². The van der Waals surface area contributed by atoms with Crippen molar-refractivity contribution in [2.24, 2.45) is 0 Å². The lowest BCUT2D eigenvalue weighted by Crippen LogP contribution is -2.17. The molecule has 6 nitrogen and oxygen atoms in total. The number of fused-ring (bicyclic) bond motifs is 1. The highest BCUT2D eigenvalue weighted by atomic mass is 79.9. The number of imidazole rings is 1. The van der Waals surface area contributed by atoms with Crippen molar-refractivity contribution in [3.05, 3.63) is 87.9 Å². The van der Waals surface area contributed by atoms with Crippen LogP contribution in [-0.2, 0) is 6.54 Å². The zero-order valence-corrected chi connectivity index (χ0v) is 19.7. The lowest BCUT2D eigenvalue weighted by Gasteiger charge is -2.22. The van der Waals surface area contributed by atoms with Crippen molar-refractivity contribution in [2.45, 2.75) is 32.2 Å². The van der Waals surface area contributed by atoms with E-state index >= 15 is 0 Å². The zero-order valence-electron chi connectivity index (χ0n) is 18.1. The molecule has 1 aliphatic rings. The molecule has 162 valence electrons. The normalized spacial score (nSPS) is 15.8. The maximum Gasteiger partial charge on any atom is 0.174 e. The van der Waals surface area contributed by atoms with Gasteiger partial charge >= 0.3 is 0 Å². The number of halogens is 1. The molecule has 0 amide bonds. The number of hydrogen-bond donors (Lipinski definition) is 0.